The zero-order valence-corrected chi connectivity index (χ0v) is 14.7. The van der Waals surface area contributed by atoms with Crippen molar-refractivity contribution in [2.75, 3.05) is 22.9 Å². The Bertz CT molecular complexity index is 752. The molecule has 5 nitrogen and oxygen atoms in total. The minimum atomic E-state index is -0.385. The highest BCUT2D eigenvalue weighted by molar-refractivity contribution is 8.00. The first-order valence-corrected chi connectivity index (χ1v) is 8.62. The molecule has 0 aliphatic rings. The third-order valence-electron chi connectivity index (χ3n) is 3.17. The number of nitrogens with one attached hydrogen (secondary N) is 2. The van der Waals surface area contributed by atoms with Crippen LogP contribution in [-0.4, -0.2) is 24.1 Å². The van der Waals surface area contributed by atoms with Gasteiger partial charge in [0.25, 0.3) is 0 Å². The summed E-state index contributed by atoms with van der Waals surface area (Å²) in [5, 5.41) is 6.46. The molecule has 0 aliphatic carbocycles. The molecule has 7 heteroatoms. The number of nitrogens with two attached hydrogens (primary N) is 1. The Labute approximate surface area is 150 Å². The fraction of sp³-hybridized carbons (Fsp3) is 0.176. The van der Waals surface area contributed by atoms with Gasteiger partial charge in [-0.15, -0.1) is 11.8 Å². The molecule has 0 spiro atoms. The Balaban J connectivity index is 1.96. The van der Waals surface area contributed by atoms with Crippen LogP contribution in [0.5, 0.6) is 0 Å². The Morgan fingerprint density at radius 1 is 1.17 bits per heavy atom. The minimum absolute atomic E-state index is 0.0973. The number of hydrogen-bond acceptors (Lipinski definition) is 4. The van der Waals surface area contributed by atoms with Crippen molar-refractivity contribution in [1.82, 2.24) is 0 Å². The molecule has 2 rings (SSSR count). The van der Waals surface area contributed by atoms with Crippen LogP contribution in [0, 0.1) is 6.92 Å². The number of hydrogen-bond donors (Lipinski definition) is 3. The van der Waals surface area contributed by atoms with Crippen LogP contribution in [-0.2, 0) is 9.59 Å². The molecule has 0 aliphatic heterocycles. The van der Waals surface area contributed by atoms with E-state index >= 15 is 0 Å². The number of halogens is 1. The number of para-hydroxylation sites is 1. The second kappa shape index (κ2) is 8.61. The summed E-state index contributed by atoms with van der Waals surface area (Å²) < 4.78 is 0. The smallest absolute Gasteiger partial charge is 0.243 e. The third kappa shape index (κ3) is 5.47. The van der Waals surface area contributed by atoms with Crippen LogP contribution >= 0.6 is 23.4 Å². The van der Waals surface area contributed by atoms with Gasteiger partial charge in [0.15, 0.2) is 0 Å². The Hall–Kier alpha value is -2.18. The summed E-state index contributed by atoms with van der Waals surface area (Å²) in [6.07, 6.45) is 0. The highest BCUT2D eigenvalue weighted by Crippen LogP contribution is 2.26. The molecule has 126 valence electrons. The van der Waals surface area contributed by atoms with Gasteiger partial charge in [0, 0.05) is 21.3 Å². The predicted octanol–water partition coefficient (Wildman–Crippen LogP) is 3.28. The summed E-state index contributed by atoms with van der Waals surface area (Å²) in [7, 11) is 0. The van der Waals surface area contributed by atoms with Gasteiger partial charge in [0.2, 0.25) is 11.8 Å². The van der Waals surface area contributed by atoms with E-state index in [1.165, 1.54) is 11.8 Å². The molecule has 2 aromatic carbocycles. The van der Waals surface area contributed by atoms with Crippen molar-refractivity contribution in [3.63, 3.8) is 0 Å². The van der Waals surface area contributed by atoms with Crippen LogP contribution in [0.4, 0.5) is 11.4 Å². The molecule has 0 saturated carbocycles. The molecule has 2 aromatic rings. The SMILES string of the molecule is Cc1ccc(Cl)cc1NC(=O)CNc1ccccc1SCC(N)=O. The van der Waals surface area contributed by atoms with E-state index in [9.17, 15) is 9.59 Å². The second-order valence-electron chi connectivity index (χ2n) is 5.11. The van der Waals surface area contributed by atoms with Crippen molar-refractivity contribution < 1.29 is 9.59 Å². The lowest BCUT2D eigenvalue weighted by molar-refractivity contribution is -0.116. The quantitative estimate of drug-likeness (QED) is 0.659. The van der Waals surface area contributed by atoms with E-state index in [0.29, 0.717) is 10.7 Å². The summed E-state index contributed by atoms with van der Waals surface area (Å²) in [6, 6.07) is 12.8. The van der Waals surface area contributed by atoms with Gasteiger partial charge in [0.1, 0.15) is 0 Å². The first kappa shape index (κ1) is 18.2. The number of thioether (sulfide) groups is 1. The molecule has 0 bridgehead atoms. The first-order chi connectivity index (χ1) is 11.5. The molecular weight excluding hydrogens is 346 g/mol. The van der Waals surface area contributed by atoms with E-state index in [4.69, 9.17) is 17.3 Å². The van der Waals surface area contributed by atoms with E-state index in [0.717, 1.165) is 16.1 Å². The van der Waals surface area contributed by atoms with Crippen molar-refractivity contribution in [2.24, 2.45) is 5.73 Å². The molecule has 0 unspecified atom stereocenters. The minimum Gasteiger partial charge on any atom is -0.375 e. The molecule has 0 atom stereocenters. The van der Waals surface area contributed by atoms with Gasteiger partial charge in [-0.2, -0.15) is 0 Å². The van der Waals surface area contributed by atoms with E-state index in [1.807, 2.05) is 37.3 Å². The van der Waals surface area contributed by atoms with Gasteiger partial charge < -0.3 is 16.4 Å². The van der Waals surface area contributed by atoms with E-state index in [1.54, 1.807) is 12.1 Å². The summed E-state index contributed by atoms with van der Waals surface area (Å²) in [5.41, 5.74) is 7.57. The van der Waals surface area contributed by atoms with Gasteiger partial charge in [-0.05, 0) is 36.8 Å². The summed E-state index contributed by atoms with van der Waals surface area (Å²) >= 11 is 7.28. The van der Waals surface area contributed by atoms with Crippen LogP contribution in [0.2, 0.25) is 5.02 Å². The molecule has 0 radical (unpaired) electrons. The predicted molar refractivity (Wildman–Crippen MR) is 99.7 cm³/mol. The maximum Gasteiger partial charge on any atom is 0.243 e. The zero-order valence-electron chi connectivity index (χ0n) is 13.1. The number of carbonyl (C=O) groups excluding carboxylic acids is 2. The lowest BCUT2D eigenvalue weighted by Crippen LogP contribution is -2.22. The fourth-order valence-electron chi connectivity index (χ4n) is 1.99. The van der Waals surface area contributed by atoms with Crippen LogP contribution in [0.1, 0.15) is 5.56 Å². The summed E-state index contributed by atoms with van der Waals surface area (Å²) in [6.45, 7) is 2.00. The normalized spacial score (nSPS) is 10.2. The van der Waals surface area contributed by atoms with Gasteiger partial charge in [0.05, 0.1) is 12.3 Å². The van der Waals surface area contributed by atoms with Crippen molar-refractivity contribution in [3.8, 4) is 0 Å². The largest absolute Gasteiger partial charge is 0.375 e. The number of carbonyl (C=O) groups is 2. The van der Waals surface area contributed by atoms with E-state index in [2.05, 4.69) is 10.6 Å². The highest BCUT2D eigenvalue weighted by Gasteiger charge is 2.08. The number of anilines is 2. The highest BCUT2D eigenvalue weighted by atomic mass is 35.5. The Morgan fingerprint density at radius 3 is 2.67 bits per heavy atom. The van der Waals surface area contributed by atoms with Gasteiger partial charge in [-0.1, -0.05) is 29.8 Å². The van der Waals surface area contributed by atoms with Crippen LogP contribution in [0.25, 0.3) is 0 Å². The number of aryl methyl sites for hydroxylation is 1. The molecule has 4 N–H and O–H groups in total. The van der Waals surface area contributed by atoms with Crippen molar-refractivity contribution >= 4 is 46.6 Å². The zero-order chi connectivity index (χ0) is 17.5. The standard InChI is InChI=1S/C17H18ClN3O2S/c1-11-6-7-12(18)8-14(11)21-17(23)9-20-13-4-2-3-5-15(13)24-10-16(19)22/h2-8,20H,9-10H2,1H3,(H2,19,22)(H,21,23). The number of amides is 2. The molecular formula is C17H18ClN3O2S. The van der Waals surface area contributed by atoms with E-state index < -0.39 is 0 Å². The van der Waals surface area contributed by atoms with Gasteiger partial charge in [-0.25, -0.2) is 0 Å². The van der Waals surface area contributed by atoms with Crippen LogP contribution in [0.3, 0.4) is 0 Å². The number of benzene rings is 2. The Kier molecular flexibility index (Phi) is 6.52. The Morgan fingerprint density at radius 2 is 1.92 bits per heavy atom. The molecule has 0 fully saturated rings. The van der Waals surface area contributed by atoms with Crippen LogP contribution < -0.4 is 16.4 Å². The maximum absolute atomic E-state index is 12.1. The third-order valence-corrected chi connectivity index (χ3v) is 4.50. The van der Waals surface area contributed by atoms with Gasteiger partial charge >= 0.3 is 0 Å². The lowest BCUT2D eigenvalue weighted by atomic mass is 10.2. The molecule has 0 aromatic heterocycles. The topological polar surface area (TPSA) is 84.2 Å². The fourth-order valence-corrected chi connectivity index (χ4v) is 2.93. The average molecular weight is 364 g/mol. The molecule has 24 heavy (non-hydrogen) atoms. The number of primary amides is 1. The summed E-state index contributed by atoms with van der Waals surface area (Å²) in [5.74, 6) is -0.383. The molecule has 0 heterocycles. The average Bonchev–Trinajstić information content (AvgIpc) is 2.55. The monoisotopic (exact) mass is 363 g/mol. The molecule has 0 saturated heterocycles. The van der Waals surface area contributed by atoms with Crippen molar-refractivity contribution in [2.45, 2.75) is 11.8 Å². The van der Waals surface area contributed by atoms with Crippen LogP contribution in [0.15, 0.2) is 47.4 Å². The maximum atomic E-state index is 12.1. The van der Waals surface area contributed by atoms with E-state index in [-0.39, 0.29) is 24.1 Å². The molecule has 2 amide bonds. The second-order valence-corrected chi connectivity index (χ2v) is 6.57. The first-order valence-electron chi connectivity index (χ1n) is 7.25. The number of rotatable bonds is 7. The van der Waals surface area contributed by atoms with Gasteiger partial charge in [-0.3, -0.25) is 9.59 Å². The summed E-state index contributed by atoms with van der Waals surface area (Å²) in [4.78, 5) is 23.9. The lowest BCUT2D eigenvalue weighted by Gasteiger charge is -2.12. The van der Waals surface area contributed by atoms with Crippen molar-refractivity contribution in [1.29, 1.82) is 0 Å². The van der Waals surface area contributed by atoms with Crippen molar-refractivity contribution in [3.05, 3.63) is 53.1 Å².